The number of benzene rings is 2. The normalized spacial score (nSPS) is 13.5. The smallest absolute Gasteiger partial charge is 0.405 e. The molecule has 0 bridgehead atoms. The van der Waals surface area contributed by atoms with Crippen LogP contribution in [0.1, 0.15) is 37.4 Å². The van der Waals surface area contributed by atoms with Crippen molar-refractivity contribution < 1.29 is 32.3 Å². The molecule has 32 heavy (non-hydrogen) atoms. The predicted molar refractivity (Wildman–Crippen MR) is 107 cm³/mol. The van der Waals surface area contributed by atoms with Gasteiger partial charge in [0.1, 0.15) is 17.9 Å². The van der Waals surface area contributed by atoms with Gasteiger partial charge in [0.2, 0.25) is 0 Å². The molecule has 10 heteroatoms. The summed E-state index contributed by atoms with van der Waals surface area (Å²) in [5, 5.41) is 12.6. The number of hydrogen-bond donors (Lipinski definition) is 2. The summed E-state index contributed by atoms with van der Waals surface area (Å²) in [5.41, 5.74) is 1.14. The zero-order chi connectivity index (χ0) is 23.2. The molecule has 0 fully saturated rings. The molecule has 0 saturated heterocycles. The van der Waals surface area contributed by atoms with E-state index < -0.39 is 36.1 Å². The minimum absolute atomic E-state index is 0.0470. The second kappa shape index (κ2) is 7.77. The fourth-order valence-electron chi connectivity index (χ4n) is 3.79. The van der Waals surface area contributed by atoms with Gasteiger partial charge in [-0.1, -0.05) is 12.1 Å². The Hall–Kier alpha value is -3.69. The van der Waals surface area contributed by atoms with E-state index in [2.05, 4.69) is 4.98 Å². The number of nitrogens with zero attached hydrogens (tertiary/aromatic N) is 2. The first kappa shape index (κ1) is 21.5. The van der Waals surface area contributed by atoms with Gasteiger partial charge in [0.25, 0.3) is 11.8 Å². The van der Waals surface area contributed by atoms with Gasteiger partial charge in [-0.05, 0) is 35.7 Å². The lowest BCUT2D eigenvalue weighted by molar-refractivity contribution is -0.123. The molecule has 0 spiro atoms. The zero-order valence-electron chi connectivity index (χ0n) is 16.8. The maximum absolute atomic E-state index is 13.2. The quantitative estimate of drug-likeness (QED) is 0.600. The summed E-state index contributed by atoms with van der Waals surface area (Å²) >= 11 is 0. The van der Waals surface area contributed by atoms with Gasteiger partial charge in [-0.3, -0.25) is 14.6 Å². The third-order valence-corrected chi connectivity index (χ3v) is 5.23. The van der Waals surface area contributed by atoms with Gasteiger partial charge < -0.3 is 15.3 Å². The van der Waals surface area contributed by atoms with Crippen LogP contribution in [0.3, 0.4) is 0 Å². The summed E-state index contributed by atoms with van der Waals surface area (Å²) in [6.45, 7) is -1.59. The highest BCUT2D eigenvalue weighted by molar-refractivity contribution is 6.15. The first-order valence-electron chi connectivity index (χ1n) is 9.56. The molecule has 1 aromatic heterocycles. The molecule has 4 rings (SSSR count). The summed E-state index contributed by atoms with van der Waals surface area (Å²) in [6.07, 6.45) is -2.88. The molecule has 166 valence electrons. The average molecular weight is 447 g/mol. The number of aromatic nitrogens is 1. The van der Waals surface area contributed by atoms with Gasteiger partial charge >= 0.3 is 6.18 Å². The molecule has 0 saturated carbocycles. The van der Waals surface area contributed by atoms with Gasteiger partial charge in [0, 0.05) is 30.7 Å². The highest BCUT2D eigenvalue weighted by Gasteiger charge is 2.36. The molecular weight excluding hydrogens is 430 g/mol. The van der Waals surface area contributed by atoms with Gasteiger partial charge in [-0.25, -0.2) is 4.39 Å². The van der Waals surface area contributed by atoms with Crippen LogP contribution in [0.4, 0.5) is 17.6 Å². The molecule has 0 atom stereocenters. The topological polar surface area (TPSA) is 82.5 Å². The summed E-state index contributed by atoms with van der Waals surface area (Å²) < 4.78 is 51.2. The molecule has 2 heterocycles. The summed E-state index contributed by atoms with van der Waals surface area (Å²) in [4.78, 5) is 30.7. The average Bonchev–Trinajstić information content (AvgIpc) is 3.02. The molecule has 3 aromatic rings. The molecule has 1 aliphatic rings. The van der Waals surface area contributed by atoms with E-state index in [0.717, 1.165) is 5.56 Å². The number of pyridine rings is 1. The fraction of sp³-hybridized carbons (Fsp3) is 0.227. The minimum atomic E-state index is -4.62. The lowest BCUT2D eigenvalue weighted by Gasteiger charge is -2.15. The van der Waals surface area contributed by atoms with Crippen molar-refractivity contribution >= 4 is 22.7 Å². The second-order valence-electron chi connectivity index (χ2n) is 7.58. The van der Waals surface area contributed by atoms with Crippen LogP contribution in [0.2, 0.25) is 0 Å². The number of phenolic OH excluding ortho intramolecular Hbond substituents is 1. The Morgan fingerprint density at radius 1 is 1.22 bits per heavy atom. The van der Waals surface area contributed by atoms with Crippen molar-refractivity contribution in [1.82, 2.24) is 15.2 Å². The molecule has 2 N–H and O–H groups in total. The van der Waals surface area contributed by atoms with Crippen molar-refractivity contribution in [2.24, 2.45) is 0 Å². The lowest BCUT2D eigenvalue weighted by atomic mass is 9.94. The van der Waals surface area contributed by atoms with Crippen LogP contribution in [0.15, 0.2) is 36.5 Å². The van der Waals surface area contributed by atoms with Crippen molar-refractivity contribution in [2.45, 2.75) is 19.1 Å². The summed E-state index contributed by atoms with van der Waals surface area (Å²) in [5.74, 6) is -2.40. The Bertz CT molecular complexity index is 1240. The number of nitrogens with one attached hydrogen (secondary N) is 1. The van der Waals surface area contributed by atoms with E-state index in [9.17, 15) is 32.3 Å². The van der Waals surface area contributed by atoms with Crippen LogP contribution in [-0.4, -0.2) is 46.6 Å². The van der Waals surface area contributed by atoms with Crippen molar-refractivity contribution in [1.29, 1.82) is 0 Å². The third kappa shape index (κ3) is 3.95. The van der Waals surface area contributed by atoms with E-state index in [1.165, 1.54) is 36.3 Å². The SMILES string of the molecule is CN1Cc2c(c(O)c3ncc(Cc4ccc(F)cc4)cc3c2C(=O)NCC(F)(F)F)C1=O. The molecule has 6 nitrogen and oxygen atoms in total. The number of amides is 2. The first-order valence-corrected chi connectivity index (χ1v) is 9.56. The number of alkyl halides is 3. The van der Waals surface area contributed by atoms with Crippen LogP contribution in [0.5, 0.6) is 5.75 Å². The van der Waals surface area contributed by atoms with Crippen molar-refractivity contribution in [3.63, 3.8) is 0 Å². The van der Waals surface area contributed by atoms with Gasteiger partial charge in [-0.15, -0.1) is 0 Å². The molecule has 1 aliphatic heterocycles. The van der Waals surface area contributed by atoms with Crippen LogP contribution >= 0.6 is 0 Å². The third-order valence-electron chi connectivity index (χ3n) is 5.23. The number of aromatic hydroxyl groups is 1. The Morgan fingerprint density at radius 3 is 2.56 bits per heavy atom. The number of carbonyl (C=O) groups excluding carboxylic acids is 2. The lowest BCUT2D eigenvalue weighted by Crippen LogP contribution is -2.34. The number of fused-ring (bicyclic) bond motifs is 2. The maximum atomic E-state index is 13.2. The molecular formula is C22H17F4N3O3. The Kier molecular flexibility index (Phi) is 5.23. The molecule has 0 aliphatic carbocycles. The molecule has 0 radical (unpaired) electrons. The zero-order valence-corrected chi connectivity index (χ0v) is 16.8. The number of phenols is 1. The predicted octanol–water partition coefficient (Wildman–Crippen LogP) is 3.55. The Morgan fingerprint density at radius 2 is 1.91 bits per heavy atom. The summed E-state index contributed by atoms with van der Waals surface area (Å²) in [7, 11) is 1.46. The number of rotatable bonds is 4. The number of hydrogen-bond acceptors (Lipinski definition) is 4. The van der Waals surface area contributed by atoms with Crippen molar-refractivity contribution in [2.75, 3.05) is 13.6 Å². The van der Waals surface area contributed by atoms with Gasteiger partial charge in [-0.2, -0.15) is 13.2 Å². The highest BCUT2D eigenvalue weighted by atomic mass is 19.4. The van der Waals surface area contributed by atoms with E-state index in [4.69, 9.17) is 0 Å². The molecule has 2 amide bonds. The van der Waals surface area contributed by atoms with Gasteiger partial charge in [0.15, 0.2) is 5.75 Å². The second-order valence-corrected chi connectivity index (χ2v) is 7.58. The van der Waals surface area contributed by atoms with E-state index >= 15 is 0 Å². The number of carbonyl (C=O) groups is 2. The monoisotopic (exact) mass is 447 g/mol. The van der Waals surface area contributed by atoms with E-state index in [-0.39, 0.29) is 34.1 Å². The van der Waals surface area contributed by atoms with Crippen LogP contribution < -0.4 is 5.32 Å². The maximum Gasteiger partial charge on any atom is 0.405 e. The van der Waals surface area contributed by atoms with Crippen molar-refractivity contribution in [3.8, 4) is 5.75 Å². The Balaban J connectivity index is 1.86. The fourth-order valence-corrected chi connectivity index (χ4v) is 3.79. The van der Waals surface area contributed by atoms with Crippen LogP contribution in [0, 0.1) is 5.82 Å². The molecule has 0 unspecified atom stereocenters. The first-order chi connectivity index (χ1) is 15.0. The number of halogens is 4. The standard InChI is InChI=1S/C22H17F4N3O3/c1-29-9-15-16(20(31)28-10-22(24,25)26)14-7-12(6-11-2-4-13(23)5-3-11)8-27-18(14)19(30)17(15)21(29)32/h2-5,7-8,30H,6,9-10H2,1H3,(H,28,31). The largest absolute Gasteiger partial charge is 0.505 e. The van der Waals surface area contributed by atoms with Gasteiger partial charge in [0.05, 0.1) is 11.1 Å². The Labute approximate surface area is 179 Å². The van der Waals surface area contributed by atoms with E-state index in [0.29, 0.717) is 12.0 Å². The highest BCUT2D eigenvalue weighted by Crippen LogP contribution is 2.39. The summed E-state index contributed by atoms with van der Waals surface area (Å²) in [6, 6.07) is 7.27. The van der Waals surface area contributed by atoms with Crippen molar-refractivity contribution in [3.05, 3.63) is 70.2 Å². The van der Waals surface area contributed by atoms with E-state index in [1.54, 1.807) is 12.1 Å². The minimum Gasteiger partial charge on any atom is -0.505 e. The van der Waals surface area contributed by atoms with E-state index in [1.807, 2.05) is 5.32 Å². The van der Waals surface area contributed by atoms with Crippen LogP contribution in [0.25, 0.3) is 10.9 Å². The molecule has 2 aromatic carbocycles. The van der Waals surface area contributed by atoms with Crippen LogP contribution in [-0.2, 0) is 13.0 Å².